The zero-order valence-electron chi connectivity index (χ0n) is 12.4. The van der Waals surface area contributed by atoms with Gasteiger partial charge in [-0.25, -0.2) is 0 Å². The van der Waals surface area contributed by atoms with Crippen molar-refractivity contribution in [2.45, 2.75) is 19.9 Å². The van der Waals surface area contributed by atoms with Crippen LogP contribution in [0, 0.1) is 12.8 Å². The quantitative estimate of drug-likeness (QED) is 0.941. The molecule has 1 fully saturated rings. The van der Waals surface area contributed by atoms with Gasteiger partial charge in [-0.3, -0.25) is 9.59 Å². The minimum Gasteiger partial charge on any atom is -0.467 e. The number of furan rings is 1. The maximum atomic E-state index is 12.2. The first-order valence-corrected chi connectivity index (χ1v) is 7.30. The highest BCUT2D eigenvalue weighted by Crippen LogP contribution is 2.25. The molecule has 2 amide bonds. The van der Waals surface area contributed by atoms with E-state index in [9.17, 15) is 9.59 Å². The lowest BCUT2D eigenvalue weighted by Crippen LogP contribution is -2.32. The molecule has 1 atom stereocenters. The Hall–Kier alpha value is -2.56. The van der Waals surface area contributed by atoms with Crippen LogP contribution in [0.5, 0.6) is 0 Å². The molecule has 2 aromatic rings. The van der Waals surface area contributed by atoms with Gasteiger partial charge in [-0.15, -0.1) is 0 Å². The first-order chi connectivity index (χ1) is 10.6. The molecule has 0 saturated carbocycles. The van der Waals surface area contributed by atoms with Crippen LogP contribution in [0.25, 0.3) is 0 Å². The van der Waals surface area contributed by atoms with Crippen LogP contribution >= 0.6 is 0 Å². The van der Waals surface area contributed by atoms with Crippen molar-refractivity contribution in [3.63, 3.8) is 0 Å². The molecular weight excluding hydrogens is 280 g/mol. The van der Waals surface area contributed by atoms with Crippen molar-refractivity contribution in [2.75, 3.05) is 11.4 Å². The van der Waals surface area contributed by atoms with E-state index in [1.165, 1.54) is 0 Å². The highest BCUT2D eigenvalue weighted by molar-refractivity contribution is 6.00. The highest BCUT2D eigenvalue weighted by atomic mass is 16.3. The summed E-state index contributed by atoms with van der Waals surface area (Å²) < 4.78 is 5.18. The number of nitrogens with zero attached hydrogens (tertiary/aromatic N) is 1. The van der Waals surface area contributed by atoms with E-state index in [0.717, 1.165) is 11.3 Å². The third kappa shape index (κ3) is 3.03. The number of amides is 2. The maximum absolute atomic E-state index is 12.2. The SMILES string of the molecule is Cc1cccc(N2CC(C(=O)NCc3ccco3)CC2=O)c1. The van der Waals surface area contributed by atoms with Gasteiger partial charge >= 0.3 is 0 Å². The van der Waals surface area contributed by atoms with Crippen molar-refractivity contribution in [1.82, 2.24) is 5.32 Å². The van der Waals surface area contributed by atoms with Crippen molar-refractivity contribution in [3.8, 4) is 0 Å². The molecule has 114 valence electrons. The van der Waals surface area contributed by atoms with Gasteiger partial charge in [0.05, 0.1) is 18.7 Å². The molecule has 1 aromatic carbocycles. The van der Waals surface area contributed by atoms with Gasteiger partial charge in [-0.2, -0.15) is 0 Å². The molecule has 5 nitrogen and oxygen atoms in total. The average molecular weight is 298 g/mol. The largest absolute Gasteiger partial charge is 0.467 e. The molecule has 1 saturated heterocycles. The third-order valence-corrected chi connectivity index (χ3v) is 3.83. The molecule has 0 bridgehead atoms. The maximum Gasteiger partial charge on any atom is 0.227 e. The van der Waals surface area contributed by atoms with Gasteiger partial charge in [-0.1, -0.05) is 12.1 Å². The van der Waals surface area contributed by atoms with Crippen LogP contribution in [-0.2, 0) is 16.1 Å². The Labute approximate surface area is 128 Å². The van der Waals surface area contributed by atoms with Gasteiger partial charge in [0.2, 0.25) is 11.8 Å². The second-order valence-electron chi connectivity index (χ2n) is 5.54. The third-order valence-electron chi connectivity index (χ3n) is 3.83. The number of aryl methyl sites for hydroxylation is 1. The zero-order chi connectivity index (χ0) is 15.5. The second kappa shape index (κ2) is 6.05. The number of anilines is 1. The van der Waals surface area contributed by atoms with E-state index in [1.807, 2.05) is 31.2 Å². The fourth-order valence-electron chi connectivity index (χ4n) is 2.66. The summed E-state index contributed by atoms with van der Waals surface area (Å²) in [6.45, 7) is 2.75. The Balaban J connectivity index is 1.62. The van der Waals surface area contributed by atoms with Gasteiger partial charge in [0.1, 0.15) is 5.76 Å². The second-order valence-corrected chi connectivity index (χ2v) is 5.54. The zero-order valence-corrected chi connectivity index (χ0v) is 12.4. The van der Waals surface area contributed by atoms with Crippen LogP contribution in [0.2, 0.25) is 0 Å². The van der Waals surface area contributed by atoms with Crippen molar-refractivity contribution in [2.24, 2.45) is 5.92 Å². The molecule has 0 aliphatic carbocycles. The summed E-state index contributed by atoms with van der Waals surface area (Å²) in [4.78, 5) is 26.0. The van der Waals surface area contributed by atoms with E-state index in [1.54, 1.807) is 23.3 Å². The van der Waals surface area contributed by atoms with Gasteiger partial charge in [-0.05, 0) is 36.8 Å². The number of rotatable bonds is 4. The number of benzene rings is 1. The predicted molar refractivity (Wildman–Crippen MR) is 82.2 cm³/mol. The van der Waals surface area contributed by atoms with Crippen LogP contribution < -0.4 is 10.2 Å². The Morgan fingerprint density at radius 1 is 1.36 bits per heavy atom. The number of nitrogens with one attached hydrogen (secondary N) is 1. The van der Waals surface area contributed by atoms with E-state index in [0.29, 0.717) is 18.8 Å². The van der Waals surface area contributed by atoms with E-state index in [2.05, 4.69) is 5.32 Å². The summed E-state index contributed by atoms with van der Waals surface area (Å²) in [5.41, 5.74) is 1.95. The summed E-state index contributed by atoms with van der Waals surface area (Å²) in [6, 6.07) is 11.3. The van der Waals surface area contributed by atoms with Crippen LogP contribution in [0.4, 0.5) is 5.69 Å². The summed E-state index contributed by atoms with van der Waals surface area (Å²) in [6.07, 6.45) is 1.82. The summed E-state index contributed by atoms with van der Waals surface area (Å²) in [5, 5.41) is 2.82. The monoisotopic (exact) mass is 298 g/mol. The molecular formula is C17H18N2O3. The number of carbonyl (C=O) groups excluding carboxylic acids is 2. The molecule has 3 rings (SSSR count). The Bertz CT molecular complexity index is 679. The number of hydrogen-bond acceptors (Lipinski definition) is 3. The molecule has 1 aromatic heterocycles. The lowest BCUT2D eigenvalue weighted by molar-refractivity contribution is -0.126. The summed E-state index contributed by atoms with van der Waals surface area (Å²) in [7, 11) is 0. The summed E-state index contributed by atoms with van der Waals surface area (Å²) in [5.74, 6) is 0.264. The van der Waals surface area contributed by atoms with E-state index >= 15 is 0 Å². The highest BCUT2D eigenvalue weighted by Gasteiger charge is 2.35. The molecule has 2 heterocycles. The normalized spacial score (nSPS) is 17.8. The van der Waals surface area contributed by atoms with E-state index in [-0.39, 0.29) is 24.2 Å². The molecule has 0 radical (unpaired) electrons. The lowest BCUT2D eigenvalue weighted by Gasteiger charge is -2.17. The number of hydrogen-bond donors (Lipinski definition) is 1. The standard InChI is InChI=1S/C17H18N2O3/c1-12-4-2-5-14(8-12)19-11-13(9-16(19)20)17(21)18-10-15-6-3-7-22-15/h2-8,13H,9-11H2,1H3,(H,18,21). The fourth-order valence-corrected chi connectivity index (χ4v) is 2.66. The molecule has 0 spiro atoms. The lowest BCUT2D eigenvalue weighted by atomic mass is 10.1. The minimum absolute atomic E-state index is 0.0104. The molecule has 22 heavy (non-hydrogen) atoms. The molecule has 1 aliphatic heterocycles. The van der Waals surface area contributed by atoms with Crippen molar-refractivity contribution >= 4 is 17.5 Å². The molecule has 1 N–H and O–H groups in total. The summed E-state index contributed by atoms with van der Waals surface area (Å²) >= 11 is 0. The Morgan fingerprint density at radius 2 is 2.23 bits per heavy atom. The van der Waals surface area contributed by atoms with Crippen molar-refractivity contribution < 1.29 is 14.0 Å². The average Bonchev–Trinajstić information content (AvgIpc) is 3.14. The van der Waals surface area contributed by atoms with Gasteiger partial charge < -0.3 is 14.6 Å². The minimum atomic E-state index is -0.317. The van der Waals surface area contributed by atoms with E-state index < -0.39 is 0 Å². The smallest absolute Gasteiger partial charge is 0.227 e. The van der Waals surface area contributed by atoms with Crippen LogP contribution in [0.3, 0.4) is 0 Å². The molecule has 1 aliphatic rings. The first kappa shape index (κ1) is 14.4. The Morgan fingerprint density at radius 3 is 2.95 bits per heavy atom. The van der Waals surface area contributed by atoms with Crippen molar-refractivity contribution in [1.29, 1.82) is 0 Å². The predicted octanol–water partition coefficient (Wildman–Crippen LogP) is 2.26. The van der Waals surface area contributed by atoms with E-state index in [4.69, 9.17) is 4.42 Å². The Kier molecular flexibility index (Phi) is 3.96. The fraction of sp³-hybridized carbons (Fsp3) is 0.294. The van der Waals surface area contributed by atoms with Crippen LogP contribution in [0.15, 0.2) is 47.1 Å². The molecule has 1 unspecified atom stereocenters. The van der Waals surface area contributed by atoms with Gasteiger partial charge in [0.25, 0.3) is 0 Å². The van der Waals surface area contributed by atoms with Gasteiger partial charge in [0.15, 0.2) is 0 Å². The van der Waals surface area contributed by atoms with Crippen molar-refractivity contribution in [3.05, 3.63) is 54.0 Å². The molecule has 5 heteroatoms. The topological polar surface area (TPSA) is 62.6 Å². The first-order valence-electron chi connectivity index (χ1n) is 7.30. The van der Waals surface area contributed by atoms with Gasteiger partial charge in [0, 0.05) is 18.7 Å². The number of carbonyl (C=O) groups is 2. The van der Waals surface area contributed by atoms with Crippen LogP contribution in [0.1, 0.15) is 17.7 Å². The van der Waals surface area contributed by atoms with Crippen LogP contribution in [-0.4, -0.2) is 18.4 Å².